The number of nitrogens with two attached hydrogens (primary N) is 1. The molecule has 2 rings (SSSR count). The van der Waals surface area contributed by atoms with Crippen molar-refractivity contribution >= 4 is 0 Å². The van der Waals surface area contributed by atoms with Gasteiger partial charge in [-0.2, -0.15) is 0 Å². The molecule has 2 aromatic carbocycles. The van der Waals surface area contributed by atoms with E-state index in [-0.39, 0.29) is 12.1 Å². The maximum Gasteiger partial charge on any atom is 0.0818 e. The molecule has 0 spiro atoms. The highest BCUT2D eigenvalue weighted by atomic mass is 16.3. The Morgan fingerprint density at radius 2 is 1.57 bits per heavy atom. The fraction of sp³-hybridized carbons (Fsp3) is 0.333. The van der Waals surface area contributed by atoms with Gasteiger partial charge in [0.05, 0.1) is 6.10 Å². The normalized spacial score (nSPS) is 15.4. The standard InChI is InChI=1S/C18H24N2O/c1-14(16-10-6-3-7-11-16)20-13-18(21)17(19)12-15-8-4-2-5-9-15/h2-11,14,17-18,20-21H,12-13,19H2,1H3/t14-,17+,18-/m1/s1. The van der Waals surface area contributed by atoms with Crippen molar-refractivity contribution < 1.29 is 5.11 Å². The number of aliphatic hydroxyl groups excluding tert-OH is 1. The molecule has 0 saturated carbocycles. The molecule has 0 amide bonds. The number of nitrogens with one attached hydrogen (secondary N) is 1. The van der Waals surface area contributed by atoms with Crippen LogP contribution in [0.15, 0.2) is 60.7 Å². The first-order valence-corrected chi connectivity index (χ1v) is 7.42. The van der Waals surface area contributed by atoms with Gasteiger partial charge in [-0.05, 0) is 24.5 Å². The lowest BCUT2D eigenvalue weighted by Crippen LogP contribution is -2.43. The maximum atomic E-state index is 10.2. The maximum absolute atomic E-state index is 10.2. The summed E-state index contributed by atoms with van der Waals surface area (Å²) in [5, 5.41) is 13.5. The van der Waals surface area contributed by atoms with E-state index in [0.717, 1.165) is 5.56 Å². The van der Waals surface area contributed by atoms with E-state index >= 15 is 0 Å². The molecule has 4 N–H and O–H groups in total. The Morgan fingerprint density at radius 3 is 2.19 bits per heavy atom. The highest BCUT2D eigenvalue weighted by Gasteiger charge is 2.16. The molecule has 0 aliphatic rings. The number of hydrogen-bond donors (Lipinski definition) is 3. The fourth-order valence-corrected chi connectivity index (χ4v) is 2.33. The molecule has 0 aliphatic carbocycles. The van der Waals surface area contributed by atoms with Gasteiger partial charge >= 0.3 is 0 Å². The molecule has 0 saturated heterocycles. The monoisotopic (exact) mass is 284 g/mol. The van der Waals surface area contributed by atoms with E-state index in [1.807, 2.05) is 48.5 Å². The average molecular weight is 284 g/mol. The molecule has 2 aromatic rings. The first-order valence-electron chi connectivity index (χ1n) is 7.42. The average Bonchev–Trinajstić information content (AvgIpc) is 2.54. The first kappa shape index (κ1) is 15.7. The Morgan fingerprint density at radius 1 is 1.00 bits per heavy atom. The van der Waals surface area contributed by atoms with Gasteiger partial charge in [-0.1, -0.05) is 60.7 Å². The van der Waals surface area contributed by atoms with Gasteiger partial charge in [0.15, 0.2) is 0 Å². The second kappa shape index (κ2) is 7.93. The number of benzene rings is 2. The molecule has 0 aliphatic heterocycles. The number of aliphatic hydroxyl groups is 1. The van der Waals surface area contributed by atoms with Crippen LogP contribution >= 0.6 is 0 Å². The predicted molar refractivity (Wildman–Crippen MR) is 87.0 cm³/mol. The van der Waals surface area contributed by atoms with Crippen molar-refractivity contribution in [2.24, 2.45) is 5.73 Å². The van der Waals surface area contributed by atoms with Gasteiger partial charge in [-0.25, -0.2) is 0 Å². The van der Waals surface area contributed by atoms with Crippen LogP contribution < -0.4 is 11.1 Å². The summed E-state index contributed by atoms with van der Waals surface area (Å²) in [4.78, 5) is 0. The second-order valence-electron chi connectivity index (χ2n) is 5.46. The molecule has 0 heterocycles. The van der Waals surface area contributed by atoms with Crippen LogP contribution in [-0.4, -0.2) is 23.8 Å². The third-order valence-corrected chi connectivity index (χ3v) is 3.74. The zero-order chi connectivity index (χ0) is 15.1. The number of rotatable bonds is 7. The SMILES string of the molecule is C[C@@H](NC[C@@H](O)[C@@H](N)Cc1ccccc1)c1ccccc1. The Labute approximate surface area is 126 Å². The van der Waals surface area contributed by atoms with Crippen LogP contribution in [0.4, 0.5) is 0 Å². The van der Waals surface area contributed by atoms with E-state index in [2.05, 4.69) is 24.4 Å². The quantitative estimate of drug-likeness (QED) is 0.731. The summed E-state index contributed by atoms with van der Waals surface area (Å²) in [5.41, 5.74) is 8.45. The van der Waals surface area contributed by atoms with Crippen LogP contribution in [0.5, 0.6) is 0 Å². The topological polar surface area (TPSA) is 58.3 Å². The van der Waals surface area contributed by atoms with Crippen LogP contribution in [0.3, 0.4) is 0 Å². The lowest BCUT2D eigenvalue weighted by molar-refractivity contribution is 0.138. The Hall–Kier alpha value is -1.68. The van der Waals surface area contributed by atoms with Gasteiger partial charge in [0.1, 0.15) is 0 Å². The van der Waals surface area contributed by atoms with Crippen LogP contribution in [-0.2, 0) is 6.42 Å². The highest BCUT2D eigenvalue weighted by Crippen LogP contribution is 2.11. The zero-order valence-corrected chi connectivity index (χ0v) is 12.4. The molecule has 0 unspecified atom stereocenters. The van der Waals surface area contributed by atoms with Crippen molar-refractivity contribution in [2.75, 3.05) is 6.54 Å². The smallest absolute Gasteiger partial charge is 0.0818 e. The molecular weight excluding hydrogens is 260 g/mol. The highest BCUT2D eigenvalue weighted by molar-refractivity contribution is 5.18. The summed E-state index contributed by atoms with van der Waals surface area (Å²) in [6.45, 7) is 2.58. The molecule has 0 aromatic heterocycles. The minimum Gasteiger partial charge on any atom is -0.390 e. The summed E-state index contributed by atoms with van der Waals surface area (Å²) in [5.74, 6) is 0. The van der Waals surface area contributed by atoms with Crippen LogP contribution in [0.25, 0.3) is 0 Å². The molecule has 0 fully saturated rings. The van der Waals surface area contributed by atoms with Crippen LogP contribution in [0.2, 0.25) is 0 Å². The molecule has 3 nitrogen and oxygen atoms in total. The summed E-state index contributed by atoms with van der Waals surface area (Å²) in [7, 11) is 0. The van der Waals surface area contributed by atoms with Gasteiger partial charge in [-0.3, -0.25) is 0 Å². The Kier molecular flexibility index (Phi) is 5.93. The summed E-state index contributed by atoms with van der Waals surface area (Å²) in [6, 6.07) is 20.2. The van der Waals surface area contributed by atoms with E-state index in [4.69, 9.17) is 5.73 Å². The number of hydrogen-bond acceptors (Lipinski definition) is 3. The molecule has 21 heavy (non-hydrogen) atoms. The van der Waals surface area contributed by atoms with E-state index in [1.165, 1.54) is 5.56 Å². The van der Waals surface area contributed by atoms with E-state index in [9.17, 15) is 5.11 Å². The lowest BCUT2D eigenvalue weighted by atomic mass is 10.0. The van der Waals surface area contributed by atoms with E-state index < -0.39 is 6.10 Å². The zero-order valence-electron chi connectivity index (χ0n) is 12.4. The van der Waals surface area contributed by atoms with Gasteiger partial charge < -0.3 is 16.2 Å². The summed E-state index contributed by atoms with van der Waals surface area (Å²) in [6.07, 6.45) is 0.125. The summed E-state index contributed by atoms with van der Waals surface area (Å²) >= 11 is 0. The minimum absolute atomic E-state index is 0.199. The van der Waals surface area contributed by atoms with Crippen molar-refractivity contribution in [3.8, 4) is 0 Å². The molecular formula is C18H24N2O. The first-order chi connectivity index (χ1) is 10.2. The lowest BCUT2D eigenvalue weighted by Gasteiger charge is -2.22. The molecule has 0 bridgehead atoms. The fourth-order valence-electron chi connectivity index (χ4n) is 2.33. The third-order valence-electron chi connectivity index (χ3n) is 3.74. The minimum atomic E-state index is -0.559. The predicted octanol–water partition coefficient (Wildman–Crippen LogP) is 2.27. The van der Waals surface area contributed by atoms with Gasteiger partial charge in [0.25, 0.3) is 0 Å². The van der Waals surface area contributed by atoms with E-state index in [1.54, 1.807) is 0 Å². The Bertz CT molecular complexity index is 515. The van der Waals surface area contributed by atoms with Crippen molar-refractivity contribution in [3.63, 3.8) is 0 Å². The molecule has 112 valence electrons. The van der Waals surface area contributed by atoms with Crippen LogP contribution in [0, 0.1) is 0 Å². The van der Waals surface area contributed by atoms with Gasteiger partial charge in [0.2, 0.25) is 0 Å². The third kappa shape index (κ3) is 4.97. The van der Waals surface area contributed by atoms with Crippen LogP contribution in [0.1, 0.15) is 24.1 Å². The largest absolute Gasteiger partial charge is 0.390 e. The summed E-state index contributed by atoms with van der Waals surface area (Å²) < 4.78 is 0. The van der Waals surface area contributed by atoms with Crippen molar-refractivity contribution in [2.45, 2.75) is 31.5 Å². The van der Waals surface area contributed by atoms with Crippen molar-refractivity contribution in [1.29, 1.82) is 0 Å². The second-order valence-corrected chi connectivity index (χ2v) is 5.46. The van der Waals surface area contributed by atoms with Crippen molar-refractivity contribution in [1.82, 2.24) is 5.32 Å². The molecule has 3 atom stereocenters. The van der Waals surface area contributed by atoms with Gasteiger partial charge in [-0.15, -0.1) is 0 Å². The molecule has 0 radical (unpaired) electrons. The van der Waals surface area contributed by atoms with Crippen molar-refractivity contribution in [3.05, 3.63) is 71.8 Å². The van der Waals surface area contributed by atoms with E-state index in [0.29, 0.717) is 13.0 Å². The Balaban J connectivity index is 1.80. The molecule has 3 heteroatoms. The van der Waals surface area contributed by atoms with Gasteiger partial charge in [0, 0.05) is 18.6 Å².